The highest BCUT2D eigenvalue weighted by Crippen LogP contribution is 2.26. The molecule has 0 N–H and O–H groups in total. The monoisotopic (exact) mass is 174 g/mol. The molecule has 1 aliphatic rings. The van der Waals surface area contributed by atoms with Gasteiger partial charge in [-0.3, -0.25) is 4.79 Å². The first-order valence-corrected chi connectivity index (χ1v) is 4.24. The number of rotatable bonds is 0. The van der Waals surface area contributed by atoms with Gasteiger partial charge in [-0.25, -0.2) is 0 Å². The Bertz CT molecular complexity index is 377. The van der Waals surface area contributed by atoms with E-state index in [9.17, 15) is 4.79 Å². The van der Waals surface area contributed by atoms with Gasteiger partial charge in [0.25, 0.3) is 0 Å². The molecular weight excluding hydrogens is 164 g/mol. The van der Waals surface area contributed by atoms with Crippen LogP contribution in [0.25, 0.3) is 0 Å². The van der Waals surface area contributed by atoms with E-state index in [0.717, 1.165) is 5.57 Å². The van der Waals surface area contributed by atoms with E-state index in [1.807, 2.05) is 25.1 Å². The van der Waals surface area contributed by atoms with Crippen molar-refractivity contribution in [3.63, 3.8) is 0 Å². The molecule has 2 rings (SSSR count). The summed E-state index contributed by atoms with van der Waals surface area (Å²) in [6, 6.07) is 7.32. The summed E-state index contributed by atoms with van der Waals surface area (Å²) < 4.78 is 5.41. The van der Waals surface area contributed by atoms with Crippen molar-refractivity contribution in [2.45, 2.75) is 6.92 Å². The maximum Gasteiger partial charge on any atom is 0.195 e. The highest BCUT2D eigenvalue weighted by atomic mass is 16.5. The van der Waals surface area contributed by atoms with Crippen LogP contribution in [0.4, 0.5) is 0 Å². The lowest BCUT2D eigenvalue weighted by atomic mass is 10.0. The molecule has 2 heteroatoms. The van der Waals surface area contributed by atoms with Gasteiger partial charge in [0.2, 0.25) is 0 Å². The largest absolute Gasteiger partial charge is 0.488 e. The van der Waals surface area contributed by atoms with E-state index in [2.05, 4.69) is 0 Å². The van der Waals surface area contributed by atoms with Crippen LogP contribution in [0.2, 0.25) is 0 Å². The Kier molecular flexibility index (Phi) is 1.89. The first kappa shape index (κ1) is 8.05. The minimum Gasteiger partial charge on any atom is -0.488 e. The number of Topliss-reactive ketones (excluding diaryl/α,β-unsaturated/α-hetero) is 1. The molecule has 0 aliphatic carbocycles. The third-order valence-corrected chi connectivity index (χ3v) is 2.15. The Balaban J connectivity index is 2.51. The molecule has 2 nitrogen and oxygen atoms in total. The molecule has 1 aromatic rings. The first-order chi connectivity index (χ1) is 6.33. The summed E-state index contributed by atoms with van der Waals surface area (Å²) in [4.78, 5) is 11.7. The van der Waals surface area contributed by atoms with Gasteiger partial charge in [-0.1, -0.05) is 18.2 Å². The lowest BCUT2D eigenvalue weighted by Gasteiger charge is -2.17. The van der Waals surface area contributed by atoms with Crippen molar-refractivity contribution in [3.05, 3.63) is 41.5 Å². The van der Waals surface area contributed by atoms with Gasteiger partial charge >= 0.3 is 0 Å². The zero-order valence-electron chi connectivity index (χ0n) is 7.41. The van der Waals surface area contributed by atoms with E-state index in [1.165, 1.54) is 0 Å². The van der Waals surface area contributed by atoms with Crippen LogP contribution in [0.3, 0.4) is 0 Å². The molecule has 0 aromatic heterocycles. The fourth-order valence-corrected chi connectivity index (χ4v) is 1.39. The minimum absolute atomic E-state index is 0.0874. The van der Waals surface area contributed by atoms with Gasteiger partial charge in [0.05, 0.1) is 5.56 Å². The average Bonchev–Trinajstić information content (AvgIpc) is 2.19. The third kappa shape index (κ3) is 1.24. The number of para-hydroxylation sites is 1. The number of benzene rings is 1. The number of hydrogen-bond donors (Lipinski definition) is 0. The zero-order valence-corrected chi connectivity index (χ0v) is 7.41. The van der Waals surface area contributed by atoms with E-state index in [-0.39, 0.29) is 5.78 Å². The fourth-order valence-electron chi connectivity index (χ4n) is 1.39. The predicted octanol–water partition coefficient (Wildman–Crippen LogP) is 2.21. The Labute approximate surface area is 76.8 Å². The van der Waals surface area contributed by atoms with Crippen LogP contribution in [0, 0.1) is 0 Å². The van der Waals surface area contributed by atoms with E-state index in [4.69, 9.17) is 4.74 Å². The predicted molar refractivity (Wildman–Crippen MR) is 50.0 cm³/mol. The topological polar surface area (TPSA) is 26.3 Å². The van der Waals surface area contributed by atoms with Crippen molar-refractivity contribution in [2.24, 2.45) is 0 Å². The van der Waals surface area contributed by atoms with Crippen molar-refractivity contribution in [1.82, 2.24) is 0 Å². The Hall–Kier alpha value is -1.57. The third-order valence-electron chi connectivity index (χ3n) is 2.15. The molecule has 1 heterocycles. The lowest BCUT2D eigenvalue weighted by Crippen LogP contribution is -2.18. The zero-order chi connectivity index (χ0) is 9.26. The van der Waals surface area contributed by atoms with Gasteiger partial charge < -0.3 is 4.74 Å². The fraction of sp³-hybridized carbons (Fsp3) is 0.182. The van der Waals surface area contributed by atoms with Crippen molar-refractivity contribution in [2.75, 3.05) is 6.61 Å². The molecule has 0 unspecified atom stereocenters. The van der Waals surface area contributed by atoms with E-state index in [1.54, 1.807) is 12.1 Å². The quantitative estimate of drug-likeness (QED) is 0.563. The van der Waals surface area contributed by atoms with Crippen LogP contribution in [0.15, 0.2) is 35.9 Å². The molecule has 66 valence electrons. The average molecular weight is 174 g/mol. The Morgan fingerprint density at radius 2 is 2.15 bits per heavy atom. The summed E-state index contributed by atoms with van der Waals surface area (Å²) in [6.45, 7) is 2.25. The number of ketones is 1. The van der Waals surface area contributed by atoms with Gasteiger partial charge in [-0.05, 0) is 19.1 Å². The summed E-state index contributed by atoms with van der Waals surface area (Å²) in [7, 11) is 0. The van der Waals surface area contributed by atoms with Crippen molar-refractivity contribution in [1.29, 1.82) is 0 Å². The second-order valence-electron chi connectivity index (χ2n) is 2.93. The van der Waals surface area contributed by atoms with E-state index >= 15 is 0 Å². The molecule has 0 saturated carbocycles. The molecule has 0 amide bonds. The maximum atomic E-state index is 11.7. The molecule has 0 fully saturated rings. The number of fused-ring (bicyclic) bond motifs is 1. The SMILES string of the molecule is CC=C1COc2ccccc2C1=O. The smallest absolute Gasteiger partial charge is 0.195 e. The summed E-state index contributed by atoms with van der Waals surface area (Å²) >= 11 is 0. The number of allylic oxidation sites excluding steroid dienone is 1. The number of ether oxygens (including phenoxy) is 1. The summed E-state index contributed by atoms with van der Waals surface area (Å²) in [5, 5.41) is 0. The number of hydrogen-bond acceptors (Lipinski definition) is 2. The molecule has 0 atom stereocenters. The number of carbonyl (C=O) groups excluding carboxylic acids is 1. The highest BCUT2D eigenvalue weighted by molar-refractivity contribution is 6.11. The molecule has 1 aromatic carbocycles. The van der Waals surface area contributed by atoms with Crippen LogP contribution in [-0.4, -0.2) is 12.4 Å². The molecule has 0 radical (unpaired) electrons. The van der Waals surface area contributed by atoms with Gasteiger partial charge in [0.1, 0.15) is 12.4 Å². The summed E-state index contributed by atoms with van der Waals surface area (Å²) in [6.07, 6.45) is 1.80. The van der Waals surface area contributed by atoms with Crippen molar-refractivity contribution < 1.29 is 9.53 Å². The highest BCUT2D eigenvalue weighted by Gasteiger charge is 2.21. The van der Waals surface area contributed by atoms with Crippen LogP contribution in [0.5, 0.6) is 5.75 Å². The Morgan fingerprint density at radius 3 is 2.92 bits per heavy atom. The van der Waals surface area contributed by atoms with Crippen molar-refractivity contribution >= 4 is 5.78 Å². The van der Waals surface area contributed by atoms with Crippen LogP contribution in [0.1, 0.15) is 17.3 Å². The normalized spacial score (nSPS) is 18.2. The Morgan fingerprint density at radius 1 is 1.38 bits per heavy atom. The lowest BCUT2D eigenvalue weighted by molar-refractivity contribution is 0.0999. The van der Waals surface area contributed by atoms with Crippen LogP contribution < -0.4 is 4.74 Å². The minimum atomic E-state index is 0.0874. The van der Waals surface area contributed by atoms with Gasteiger partial charge in [-0.15, -0.1) is 0 Å². The van der Waals surface area contributed by atoms with Gasteiger partial charge in [-0.2, -0.15) is 0 Å². The summed E-state index contributed by atoms with van der Waals surface area (Å²) in [5.41, 5.74) is 1.40. The standard InChI is InChI=1S/C11H10O2/c1-2-8-7-13-10-6-4-3-5-9(10)11(8)12/h2-6H,7H2,1H3. The van der Waals surface area contributed by atoms with E-state index < -0.39 is 0 Å². The molecule has 13 heavy (non-hydrogen) atoms. The van der Waals surface area contributed by atoms with E-state index in [0.29, 0.717) is 17.9 Å². The first-order valence-electron chi connectivity index (χ1n) is 4.24. The molecule has 0 bridgehead atoms. The molecule has 0 spiro atoms. The second-order valence-corrected chi connectivity index (χ2v) is 2.93. The van der Waals surface area contributed by atoms with Crippen LogP contribution >= 0.6 is 0 Å². The molecule has 1 aliphatic heterocycles. The van der Waals surface area contributed by atoms with Crippen molar-refractivity contribution in [3.8, 4) is 5.75 Å². The van der Waals surface area contributed by atoms with Gasteiger partial charge in [0.15, 0.2) is 5.78 Å². The van der Waals surface area contributed by atoms with Crippen LogP contribution in [-0.2, 0) is 0 Å². The maximum absolute atomic E-state index is 11.7. The second kappa shape index (κ2) is 3.05. The van der Waals surface area contributed by atoms with Gasteiger partial charge in [0, 0.05) is 5.57 Å². The molecular formula is C11H10O2. The summed E-state index contributed by atoms with van der Waals surface area (Å²) in [5.74, 6) is 0.780. The molecule has 0 saturated heterocycles. The number of carbonyl (C=O) groups is 1.